The zero-order chi connectivity index (χ0) is 12.6. The number of hydrogen-bond acceptors (Lipinski definition) is 4. The molecule has 2 rings (SSSR count). The number of anilines is 1. The molecular formula is C10H9N3O4. The van der Waals surface area contributed by atoms with Crippen molar-refractivity contribution in [1.82, 2.24) is 9.38 Å². The summed E-state index contributed by atoms with van der Waals surface area (Å²) in [6, 6.07) is 2.90. The first-order valence-electron chi connectivity index (χ1n) is 4.71. The molecule has 0 aliphatic heterocycles. The number of carbonyl (C=O) groups is 2. The van der Waals surface area contributed by atoms with Crippen molar-refractivity contribution >= 4 is 23.4 Å². The fourth-order valence-corrected chi connectivity index (χ4v) is 1.57. The number of aromatic nitrogens is 2. The second-order valence-electron chi connectivity index (χ2n) is 3.43. The van der Waals surface area contributed by atoms with E-state index in [1.807, 2.05) is 0 Å². The molecule has 0 saturated carbocycles. The highest BCUT2D eigenvalue weighted by atomic mass is 16.4. The van der Waals surface area contributed by atoms with Gasteiger partial charge in [-0.15, -0.1) is 0 Å². The van der Waals surface area contributed by atoms with E-state index >= 15 is 0 Å². The first kappa shape index (κ1) is 10.9. The summed E-state index contributed by atoms with van der Waals surface area (Å²) in [5, 5.41) is 17.6. The van der Waals surface area contributed by atoms with E-state index in [9.17, 15) is 9.59 Å². The number of rotatable bonds is 3. The molecule has 7 heteroatoms. The summed E-state index contributed by atoms with van der Waals surface area (Å²) >= 11 is 0. The van der Waals surface area contributed by atoms with E-state index in [-0.39, 0.29) is 29.1 Å². The van der Waals surface area contributed by atoms with Gasteiger partial charge in [-0.25, -0.2) is 9.78 Å². The Bertz CT molecular complexity index is 617. The average Bonchev–Trinajstić information content (AvgIpc) is 2.55. The zero-order valence-corrected chi connectivity index (χ0v) is 8.62. The quantitative estimate of drug-likeness (QED) is 0.701. The molecule has 0 unspecified atom stereocenters. The standard InChI is InChI=1S/C10H9N3O4/c11-8-6(4-7(14)15)12-9-5(10(16)17)2-1-3-13(8)9/h1-3H,4,11H2,(H,14,15)(H,16,17). The Hall–Kier alpha value is -2.57. The lowest BCUT2D eigenvalue weighted by molar-refractivity contribution is -0.136. The van der Waals surface area contributed by atoms with Crippen molar-refractivity contribution < 1.29 is 19.8 Å². The summed E-state index contributed by atoms with van der Waals surface area (Å²) in [5.74, 6) is -2.06. The van der Waals surface area contributed by atoms with Gasteiger partial charge in [0.25, 0.3) is 0 Å². The number of carboxylic acids is 2. The molecule has 7 nitrogen and oxygen atoms in total. The number of carboxylic acid groups (broad SMARTS) is 2. The first-order chi connectivity index (χ1) is 8.00. The number of nitrogens with zero attached hydrogens (tertiary/aromatic N) is 2. The third kappa shape index (κ3) is 1.78. The molecule has 2 aromatic rings. The van der Waals surface area contributed by atoms with Gasteiger partial charge < -0.3 is 15.9 Å². The van der Waals surface area contributed by atoms with Crippen LogP contribution >= 0.6 is 0 Å². The molecule has 0 atom stereocenters. The Morgan fingerprint density at radius 1 is 1.41 bits per heavy atom. The van der Waals surface area contributed by atoms with Crippen LogP contribution in [0.5, 0.6) is 0 Å². The number of hydrogen-bond donors (Lipinski definition) is 3. The maximum atomic E-state index is 10.9. The van der Waals surface area contributed by atoms with Gasteiger partial charge >= 0.3 is 11.9 Å². The smallest absolute Gasteiger partial charge is 0.339 e. The number of imidazole rings is 1. The Morgan fingerprint density at radius 2 is 2.12 bits per heavy atom. The molecule has 2 aromatic heterocycles. The fraction of sp³-hybridized carbons (Fsp3) is 0.100. The van der Waals surface area contributed by atoms with E-state index in [4.69, 9.17) is 15.9 Å². The number of nitrogens with two attached hydrogens (primary N) is 1. The van der Waals surface area contributed by atoms with Crippen LogP contribution in [0.1, 0.15) is 16.1 Å². The van der Waals surface area contributed by atoms with Crippen LogP contribution < -0.4 is 5.73 Å². The number of fused-ring (bicyclic) bond motifs is 1. The summed E-state index contributed by atoms with van der Waals surface area (Å²) in [4.78, 5) is 25.5. The molecule has 0 aromatic carbocycles. The van der Waals surface area contributed by atoms with Crippen LogP contribution in [0.15, 0.2) is 18.3 Å². The second kappa shape index (κ2) is 3.78. The van der Waals surface area contributed by atoms with Gasteiger partial charge in [-0.1, -0.05) is 0 Å². The number of aromatic carboxylic acids is 1. The van der Waals surface area contributed by atoms with E-state index < -0.39 is 11.9 Å². The highest BCUT2D eigenvalue weighted by Gasteiger charge is 2.17. The minimum absolute atomic E-state index is 0.0177. The SMILES string of the molecule is Nc1c(CC(=O)O)nc2c(C(=O)O)cccn12. The summed E-state index contributed by atoms with van der Waals surface area (Å²) < 4.78 is 1.36. The molecule has 0 amide bonds. The van der Waals surface area contributed by atoms with Crippen molar-refractivity contribution in [2.45, 2.75) is 6.42 Å². The summed E-state index contributed by atoms with van der Waals surface area (Å²) in [6.45, 7) is 0. The average molecular weight is 235 g/mol. The van der Waals surface area contributed by atoms with Crippen LogP contribution in [-0.4, -0.2) is 31.5 Å². The molecular weight excluding hydrogens is 226 g/mol. The molecule has 0 fully saturated rings. The van der Waals surface area contributed by atoms with Crippen molar-refractivity contribution in [3.8, 4) is 0 Å². The zero-order valence-electron chi connectivity index (χ0n) is 8.62. The first-order valence-corrected chi connectivity index (χ1v) is 4.71. The summed E-state index contributed by atoms with van der Waals surface area (Å²) in [7, 11) is 0. The molecule has 88 valence electrons. The Labute approximate surface area is 95.1 Å². The molecule has 0 bridgehead atoms. The largest absolute Gasteiger partial charge is 0.481 e. The number of pyridine rings is 1. The third-order valence-electron chi connectivity index (χ3n) is 2.31. The van der Waals surface area contributed by atoms with Crippen LogP contribution in [0.4, 0.5) is 5.82 Å². The lowest BCUT2D eigenvalue weighted by Gasteiger charge is -1.98. The molecule has 0 radical (unpaired) electrons. The maximum absolute atomic E-state index is 10.9. The minimum atomic E-state index is -1.14. The van der Waals surface area contributed by atoms with Crippen LogP contribution in [-0.2, 0) is 11.2 Å². The van der Waals surface area contributed by atoms with E-state index in [2.05, 4.69) is 4.98 Å². The topological polar surface area (TPSA) is 118 Å². The lowest BCUT2D eigenvalue weighted by atomic mass is 10.3. The minimum Gasteiger partial charge on any atom is -0.481 e. The number of nitrogen functional groups attached to an aromatic ring is 1. The van der Waals surface area contributed by atoms with E-state index in [1.54, 1.807) is 0 Å². The van der Waals surface area contributed by atoms with Gasteiger partial charge in [0.2, 0.25) is 0 Å². The molecule has 0 aliphatic carbocycles. The predicted octanol–water partition coefficient (Wildman–Crippen LogP) is 0.242. The van der Waals surface area contributed by atoms with Gasteiger partial charge in [-0.05, 0) is 12.1 Å². The van der Waals surface area contributed by atoms with Crippen LogP contribution in [0.25, 0.3) is 5.65 Å². The number of aliphatic carboxylic acids is 1. The van der Waals surface area contributed by atoms with Crippen molar-refractivity contribution in [3.05, 3.63) is 29.6 Å². The Kier molecular flexibility index (Phi) is 2.43. The van der Waals surface area contributed by atoms with E-state index in [0.29, 0.717) is 0 Å². The third-order valence-corrected chi connectivity index (χ3v) is 2.31. The van der Waals surface area contributed by atoms with Gasteiger partial charge in [0.1, 0.15) is 11.4 Å². The summed E-state index contributed by atoms with van der Waals surface area (Å²) in [6.07, 6.45) is 1.20. The molecule has 4 N–H and O–H groups in total. The van der Waals surface area contributed by atoms with Crippen LogP contribution in [0, 0.1) is 0 Å². The molecule has 17 heavy (non-hydrogen) atoms. The predicted molar refractivity (Wildman–Crippen MR) is 57.9 cm³/mol. The maximum Gasteiger partial charge on any atom is 0.339 e. The van der Waals surface area contributed by atoms with Crippen molar-refractivity contribution in [1.29, 1.82) is 0 Å². The van der Waals surface area contributed by atoms with Gasteiger partial charge in [-0.2, -0.15) is 0 Å². The van der Waals surface area contributed by atoms with Gasteiger partial charge in [0.05, 0.1) is 12.1 Å². The van der Waals surface area contributed by atoms with E-state index in [1.165, 1.54) is 22.7 Å². The fourth-order valence-electron chi connectivity index (χ4n) is 1.57. The van der Waals surface area contributed by atoms with Gasteiger partial charge in [0, 0.05) is 6.20 Å². The molecule has 0 saturated heterocycles. The lowest BCUT2D eigenvalue weighted by Crippen LogP contribution is -2.03. The molecule has 2 heterocycles. The Morgan fingerprint density at radius 3 is 2.71 bits per heavy atom. The Balaban J connectivity index is 2.68. The van der Waals surface area contributed by atoms with Crippen molar-refractivity contribution in [3.63, 3.8) is 0 Å². The van der Waals surface area contributed by atoms with Gasteiger partial charge in [0.15, 0.2) is 5.65 Å². The summed E-state index contributed by atoms with van der Waals surface area (Å²) in [5.41, 5.74) is 5.99. The highest BCUT2D eigenvalue weighted by molar-refractivity contribution is 5.95. The normalized spacial score (nSPS) is 10.6. The van der Waals surface area contributed by atoms with Crippen molar-refractivity contribution in [2.75, 3.05) is 5.73 Å². The van der Waals surface area contributed by atoms with Crippen LogP contribution in [0.3, 0.4) is 0 Å². The van der Waals surface area contributed by atoms with E-state index in [0.717, 1.165) is 0 Å². The van der Waals surface area contributed by atoms with Crippen molar-refractivity contribution in [2.24, 2.45) is 0 Å². The monoisotopic (exact) mass is 235 g/mol. The highest BCUT2D eigenvalue weighted by Crippen LogP contribution is 2.18. The van der Waals surface area contributed by atoms with Crippen LogP contribution in [0.2, 0.25) is 0 Å². The molecule has 0 spiro atoms. The molecule has 0 aliphatic rings. The van der Waals surface area contributed by atoms with Gasteiger partial charge in [-0.3, -0.25) is 9.20 Å². The second-order valence-corrected chi connectivity index (χ2v) is 3.43.